The number of aliphatic hydroxyl groups excluding tert-OH is 1. The van der Waals surface area contributed by atoms with E-state index in [0.717, 1.165) is 19.5 Å². The summed E-state index contributed by atoms with van der Waals surface area (Å²) in [6, 6.07) is 0. The van der Waals surface area contributed by atoms with Crippen molar-refractivity contribution in [3.8, 4) is 0 Å². The lowest BCUT2D eigenvalue weighted by Crippen LogP contribution is -2.35. The average Bonchev–Trinajstić information content (AvgIpc) is 2.82. The van der Waals surface area contributed by atoms with Crippen LogP contribution in [-0.4, -0.2) is 56.9 Å². The first-order chi connectivity index (χ1) is 8.63. The van der Waals surface area contributed by atoms with Crippen LogP contribution in [0, 0.1) is 5.92 Å². The van der Waals surface area contributed by atoms with Crippen LogP contribution in [-0.2, 0) is 11.3 Å². The first-order valence-corrected chi connectivity index (χ1v) is 6.15. The number of hydrogen-bond acceptors (Lipinski definition) is 4. The van der Waals surface area contributed by atoms with Crippen molar-refractivity contribution in [1.29, 1.82) is 0 Å². The van der Waals surface area contributed by atoms with E-state index in [1.165, 1.54) is 0 Å². The largest absolute Gasteiger partial charge is 0.481 e. The number of imidazole rings is 1. The third-order valence-corrected chi connectivity index (χ3v) is 2.82. The van der Waals surface area contributed by atoms with Crippen LogP contribution in [0.5, 0.6) is 0 Å². The van der Waals surface area contributed by atoms with E-state index in [2.05, 4.69) is 4.98 Å². The molecule has 1 aromatic heterocycles. The zero-order valence-electron chi connectivity index (χ0n) is 10.7. The molecule has 0 aliphatic heterocycles. The van der Waals surface area contributed by atoms with Gasteiger partial charge in [-0.1, -0.05) is 6.92 Å². The van der Waals surface area contributed by atoms with Gasteiger partial charge < -0.3 is 19.7 Å². The number of carbonyl (C=O) groups is 1. The Hall–Kier alpha value is -1.40. The molecule has 6 heteroatoms. The van der Waals surface area contributed by atoms with Crippen LogP contribution in [0.25, 0.3) is 0 Å². The van der Waals surface area contributed by atoms with Gasteiger partial charge in [-0.15, -0.1) is 0 Å². The minimum Gasteiger partial charge on any atom is -0.481 e. The first kappa shape index (κ1) is 14.7. The Bertz CT molecular complexity index is 340. The molecule has 6 nitrogen and oxygen atoms in total. The van der Waals surface area contributed by atoms with E-state index in [1.54, 1.807) is 19.4 Å². The highest BCUT2D eigenvalue weighted by Gasteiger charge is 2.15. The van der Waals surface area contributed by atoms with E-state index in [-0.39, 0.29) is 6.61 Å². The summed E-state index contributed by atoms with van der Waals surface area (Å²) in [4.78, 5) is 16.7. The number of aliphatic hydroxyl groups is 1. The van der Waals surface area contributed by atoms with E-state index in [0.29, 0.717) is 13.1 Å². The third-order valence-electron chi connectivity index (χ3n) is 2.82. The van der Waals surface area contributed by atoms with Crippen molar-refractivity contribution >= 4 is 5.97 Å². The Morgan fingerprint density at radius 2 is 2.28 bits per heavy atom. The molecule has 0 saturated heterocycles. The monoisotopic (exact) mass is 255 g/mol. The second-order valence-electron chi connectivity index (χ2n) is 4.42. The highest BCUT2D eigenvalue weighted by atomic mass is 16.4. The van der Waals surface area contributed by atoms with Crippen LogP contribution in [0.2, 0.25) is 0 Å². The molecule has 1 aromatic rings. The zero-order valence-corrected chi connectivity index (χ0v) is 10.7. The van der Waals surface area contributed by atoms with Crippen LogP contribution in [0.4, 0.5) is 0 Å². The number of rotatable bonds is 9. The quantitative estimate of drug-likeness (QED) is 0.663. The molecule has 102 valence electrons. The summed E-state index contributed by atoms with van der Waals surface area (Å²) in [5.74, 6) is -1.21. The van der Waals surface area contributed by atoms with Crippen molar-refractivity contribution < 1.29 is 15.0 Å². The molecule has 0 spiro atoms. The van der Waals surface area contributed by atoms with Crippen LogP contribution in [0.1, 0.15) is 13.3 Å². The normalized spacial score (nSPS) is 12.8. The second-order valence-corrected chi connectivity index (χ2v) is 4.42. The predicted octanol–water partition coefficient (Wildman–Crippen LogP) is 0.288. The highest BCUT2D eigenvalue weighted by molar-refractivity contribution is 5.69. The van der Waals surface area contributed by atoms with Crippen molar-refractivity contribution in [2.75, 3.05) is 26.2 Å². The van der Waals surface area contributed by atoms with E-state index in [1.807, 2.05) is 15.7 Å². The van der Waals surface area contributed by atoms with Gasteiger partial charge in [0.05, 0.1) is 18.9 Å². The summed E-state index contributed by atoms with van der Waals surface area (Å²) in [6.07, 6.45) is 6.30. The lowest BCUT2D eigenvalue weighted by molar-refractivity contribution is -0.141. The third kappa shape index (κ3) is 5.29. The number of carboxylic acid groups (broad SMARTS) is 1. The van der Waals surface area contributed by atoms with Crippen LogP contribution >= 0.6 is 0 Å². The first-order valence-electron chi connectivity index (χ1n) is 6.15. The van der Waals surface area contributed by atoms with Gasteiger partial charge in [-0.3, -0.25) is 4.79 Å². The molecule has 1 heterocycles. The summed E-state index contributed by atoms with van der Waals surface area (Å²) in [6.45, 7) is 4.35. The van der Waals surface area contributed by atoms with Gasteiger partial charge in [-0.25, -0.2) is 4.98 Å². The summed E-state index contributed by atoms with van der Waals surface area (Å²) >= 11 is 0. The van der Waals surface area contributed by atoms with Crippen LogP contribution in [0.15, 0.2) is 18.7 Å². The van der Waals surface area contributed by atoms with Gasteiger partial charge in [0.15, 0.2) is 0 Å². The number of carboxylic acids is 1. The molecule has 1 atom stereocenters. The molecule has 0 aliphatic rings. The van der Waals surface area contributed by atoms with Gasteiger partial charge in [0, 0.05) is 32.0 Å². The second kappa shape index (κ2) is 7.84. The maximum absolute atomic E-state index is 10.8. The Labute approximate surface area is 107 Å². The Balaban J connectivity index is 2.30. The molecule has 0 aliphatic carbocycles. The van der Waals surface area contributed by atoms with Gasteiger partial charge in [0.1, 0.15) is 0 Å². The fourth-order valence-corrected chi connectivity index (χ4v) is 1.80. The van der Waals surface area contributed by atoms with Gasteiger partial charge in [-0.05, 0) is 13.0 Å². The minimum atomic E-state index is -0.799. The molecule has 0 amide bonds. The minimum absolute atomic E-state index is 0.0530. The summed E-state index contributed by atoms with van der Waals surface area (Å²) < 4.78 is 1.98. The number of hydrogen-bond donors (Lipinski definition) is 2. The van der Waals surface area contributed by atoms with Gasteiger partial charge in [-0.2, -0.15) is 0 Å². The Morgan fingerprint density at radius 3 is 2.83 bits per heavy atom. The van der Waals surface area contributed by atoms with Crippen molar-refractivity contribution in [3.63, 3.8) is 0 Å². The van der Waals surface area contributed by atoms with Crippen molar-refractivity contribution in [2.45, 2.75) is 19.9 Å². The molecular weight excluding hydrogens is 234 g/mol. The average molecular weight is 255 g/mol. The predicted molar refractivity (Wildman–Crippen MR) is 67.2 cm³/mol. The molecular formula is C12H21N3O3. The molecule has 0 saturated carbocycles. The topological polar surface area (TPSA) is 78.6 Å². The van der Waals surface area contributed by atoms with Crippen molar-refractivity contribution in [2.24, 2.45) is 5.92 Å². The standard InChI is InChI=1S/C12H21N3O3/c1-11(12(17)18)9-14(7-8-16)4-2-5-15-6-3-13-10-15/h3,6,10-11,16H,2,4-5,7-9H2,1H3,(H,17,18). The molecule has 1 unspecified atom stereocenters. The molecule has 1 rings (SSSR count). The molecule has 0 radical (unpaired) electrons. The maximum Gasteiger partial charge on any atom is 0.307 e. The SMILES string of the molecule is CC(CN(CCO)CCCn1ccnc1)C(=O)O. The van der Waals surface area contributed by atoms with E-state index >= 15 is 0 Å². The molecule has 0 fully saturated rings. The Morgan fingerprint density at radius 1 is 1.50 bits per heavy atom. The zero-order chi connectivity index (χ0) is 13.4. The van der Waals surface area contributed by atoms with Crippen molar-refractivity contribution in [1.82, 2.24) is 14.5 Å². The maximum atomic E-state index is 10.8. The number of aromatic nitrogens is 2. The van der Waals surface area contributed by atoms with Crippen molar-refractivity contribution in [3.05, 3.63) is 18.7 Å². The van der Waals surface area contributed by atoms with Crippen LogP contribution in [0.3, 0.4) is 0 Å². The summed E-state index contributed by atoms with van der Waals surface area (Å²) in [7, 11) is 0. The van der Waals surface area contributed by atoms with Gasteiger partial charge >= 0.3 is 5.97 Å². The number of aryl methyl sites for hydroxylation is 1. The Kier molecular flexibility index (Phi) is 6.38. The van der Waals surface area contributed by atoms with E-state index < -0.39 is 11.9 Å². The fraction of sp³-hybridized carbons (Fsp3) is 0.667. The molecule has 0 aromatic carbocycles. The number of aliphatic carboxylic acids is 1. The molecule has 2 N–H and O–H groups in total. The lowest BCUT2D eigenvalue weighted by Gasteiger charge is -2.23. The fourth-order valence-electron chi connectivity index (χ4n) is 1.80. The van der Waals surface area contributed by atoms with Gasteiger partial charge in [0.25, 0.3) is 0 Å². The molecule has 18 heavy (non-hydrogen) atoms. The number of nitrogens with zero attached hydrogens (tertiary/aromatic N) is 3. The van der Waals surface area contributed by atoms with Crippen LogP contribution < -0.4 is 0 Å². The van der Waals surface area contributed by atoms with E-state index in [4.69, 9.17) is 10.2 Å². The van der Waals surface area contributed by atoms with E-state index in [9.17, 15) is 4.79 Å². The summed E-state index contributed by atoms with van der Waals surface area (Å²) in [5, 5.41) is 17.8. The van der Waals surface area contributed by atoms with Gasteiger partial charge in [0.2, 0.25) is 0 Å². The highest BCUT2D eigenvalue weighted by Crippen LogP contribution is 2.02. The molecule has 0 bridgehead atoms. The smallest absolute Gasteiger partial charge is 0.307 e. The lowest BCUT2D eigenvalue weighted by atomic mass is 10.1. The summed E-state index contributed by atoms with van der Waals surface area (Å²) in [5.41, 5.74) is 0.